The standard InChI is InChI=1S/C12H12N2O3S/c1-13-5-6-14(12(13)17)8-10-9(4-7-18-10)2-3-11(15)16/h2-7H,8H2,1H3,(H,15,16)/b3-2+. The minimum atomic E-state index is -0.982. The quantitative estimate of drug-likeness (QED) is 0.849. The van der Waals surface area contributed by atoms with Crippen LogP contribution in [0.5, 0.6) is 0 Å². The second kappa shape index (κ2) is 5.05. The van der Waals surface area contributed by atoms with Gasteiger partial charge in [-0.1, -0.05) is 0 Å². The van der Waals surface area contributed by atoms with E-state index in [9.17, 15) is 9.59 Å². The molecule has 1 N–H and O–H groups in total. The number of imidazole rings is 1. The topological polar surface area (TPSA) is 64.2 Å². The number of hydrogen-bond donors (Lipinski definition) is 1. The summed E-state index contributed by atoms with van der Waals surface area (Å²) in [6, 6.07) is 1.84. The van der Waals surface area contributed by atoms with E-state index in [4.69, 9.17) is 5.11 Å². The highest BCUT2D eigenvalue weighted by atomic mass is 32.1. The van der Waals surface area contributed by atoms with Crippen LogP contribution in [0.4, 0.5) is 0 Å². The number of hydrogen-bond acceptors (Lipinski definition) is 3. The predicted molar refractivity (Wildman–Crippen MR) is 69.8 cm³/mol. The molecular formula is C12H12N2O3S. The number of carboxylic acids is 1. The van der Waals surface area contributed by atoms with Gasteiger partial charge >= 0.3 is 11.7 Å². The zero-order chi connectivity index (χ0) is 13.1. The van der Waals surface area contributed by atoms with Crippen LogP contribution in [0, 0.1) is 0 Å². The summed E-state index contributed by atoms with van der Waals surface area (Å²) >= 11 is 1.50. The molecule has 0 bridgehead atoms. The number of carboxylic acid groups (broad SMARTS) is 1. The summed E-state index contributed by atoms with van der Waals surface area (Å²) in [5, 5.41) is 10.5. The first-order valence-corrected chi connectivity index (χ1v) is 6.15. The molecule has 0 amide bonds. The number of aromatic nitrogens is 2. The predicted octanol–water partition coefficient (Wildman–Crippen LogP) is 1.39. The van der Waals surface area contributed by atoms with Gasteiger partial charge in [0.1, 0.15) is 0 Å². The number of thiophene rings is 1. The first-order valence-electron chi connectivity index (χ1n) is 5.27. The number of carbonyl (C=O) groups is 1. The van der Waals surface area contributed by atoms with E-state index < -0.39 is 5.97 Å². The van der Waals surface area contributed by atoms with E-state index in [1.165, 1.54) is 15.9 Å². The molecule has 0 aliphatic heterocycles. The molecule has 0 atom stereocenters. The SMILES string of the molecule is Cn1ccn(Cc2sccc2/C=C/C(=O)O)c1=O. The third kappa shape index (κ3) is 2.60. The molecule has 0 aromatic carbocycles. The largest absolute Gasteiger partial charge is 0.478 e. The molecule has 0 fully saturated rings. The third-order valence-corrected chi connectivity index (χ3v) is 3.44. The van der Waals surface area contributed by atoms with Gasteiger partial charge in [-0.3, -0.25) is 4.57 Å². The van der Waals surface area contributed by atoms with Crippen molar-refractivity contribution in [2.45, 2.75) is 6.54 Å². The highest BCUT2D eigenvalue weighted by molar-refractivity contribution is 7.10. The molecule has 0 aliphatic rings. The Balaban J connectivity index is 2.25. The van der Waals surface area contributed by atoms with Crippen molar-refractivity contribution in [3.63, 3.8) is 0 Å². The van der Waals surface area contributed by atoms with Crippen molar-refractivity contribution in [2.24, 2.45) is 7.05 Å². The Bertz CT molecular complexity index is 648. The molecule has 0 saturated heterocycles. The number of aliphatic carboxylic acids is 1. The first kappa shape index (κ1) is 12.4. The van der Waals surface area contributed by atoms with Gasteiger partial charge in [-0.25, -0.2) is 9.59 Å². The maximum atomic E-state index is 11.7. The average Bonchev–Trinajstić information content (AvgIpc) is 2.88. The van der Waals surface area contributed by atoms with E-state index >= 15 is 0 Å². The van der Waals surface area contributed by atoms with Crippen molar-refractivity contribution < 1.29 is 9.90 Å². The van der Waals surface area contributed by atoms with Crippen molar-refractivity contribution in [1.29, 1.82) is 0 Å². The Morgan fingerprint density at radius 3 is 2.89 bits per heavy atom. The third-order valence-electron chi connectivity index (χ3n) is 2.52. The fraction of sp³-hybridized carbons (Fsp3) is 0.167. The van der Waals surface area contributed by atoms with Gasteiger partial charge in [0.2, 0.25) is 0 Å². The number of aryl methyl sites for hydroxylation is 1. The normalized spacial score (nSPS) is 11.2. The molecule has 0 unspecified atom stereocenters. The Labute approximate surface area is 107 Å². The first-order chi connectivity index (χ1) is 8.58. The van der Waals surface area contributed by atoms with E-state index in [1.54, 1.807) is 30.1 Å². The second-order valence-corrected chi connectivity index (χ2v) is 4.79. The monoisotopic (exact) mass is 264 g/mol. The molecule has 18 heavy (non-hydrogen) atoms. The van der Waals surface area contributed by atoms with Gasteiger partial charge in [0.15, 0.2) is 0 Å². The highest BCUT2D eigenvalue weighted by Gasteiger charge is 2.06. The van der Waals surface area contributed by atoms with Crippen molar-refractivity contribution in [3.05, 3.63) is 50.8 Å². The molecule has 2 aromatic heterocycles. The number of nitrogens with zero attached hydrogens (tertiary/aromatic N) is 2. The lowest BCUT2D eigenvalue weighted by atomic mass is 10.2. The lowest BCUT2D eigenvalue weighted by Crippen LogP contribution is -2.22. The summed E-state index contributed by atoms with van der Waals surface area (Å²) in [7, 11) is 1.69. The van der Waals surface area contributed by atoms with Crippen LogP contribution >= 0.6 is 11.3 Å². The summed E-state index contributed by atoms with van der Waals surface area (Å²) in [6.07, 6.45) is 6.05. The minimum absolute atomic E-state index is 0.0865. The molecule has 0 saturated carbocycles. The van der Waals surface area contributed by atoms with Crippen molar-refractivity contribution >= 4 is 23.4 Å². The Morgan fingerprint density at radius 1 is 1.50 bits per heavy atom. The van der Waals surface area contributed by atoms with Gasteiger partial charge < -0.3 is 9.67 Å². The molecular weight excluding hydrogens is 252 g/mol. The molecule has 0 spiro atoms. The summed E-state index contributed by atoms with van der Waals surface area (Å²) in [4.78, 5) is 23.1. The molecule has 0 aliphatic carbocycles. The van der Waals surface area contributed by atoms with Crippen molar-refractivity contribution in [1.82, 2.24) is 9.13 Å². The molecule has 5 nitrogen and oxygen atoms in total. The van der Waals surface area contributed by atoms with Gasteiger partial charge in [0.25, 0.3) is 0 Å². The molecule has 2 rings (SSSR count). The molecule has 2 aromatic rings. The van der Waals surface area contributed by atoms with Crippen molar-refractivity contribution in [3.8, 4) is 0 Å². The van der Waals surface area contributed by atoms with E-state index in [-0.39, 0.29) is 5.69 Å². The number of rotatable bonds is 4. The van der Waals surface area contributed by atoms with Crippen LogP contribution in [0.15, 0.2) is 34.7 Å². The fourth-order valence-corrected chi connectivity index (χ4v) is 2.44. The minimum Gasteiger partial charge on any atom is -0.478 e. The summed E-state index contributed by atoms with van der Waals surface area (Å²) in [5.74, 6) is -0.982. The van der Waals surface area contributed by atoms with Crippen LogP contribution in [0.3, 0.4) is 0 Å². The molecule has 6 heteroatoms. The van der Waals surface area contributed by atoms with Gasteiger partial charge in [0.05, 0.1) is 6.54 Å². The Kier molecular flexibility index (Phi) is 3.47. The van der Waals surface area contributed by atoms with E-state index in [0.717, 1.165) is 16.5 Å². The molecule has 94 valence electrons. The van der Waals surface area contributed by atoms with Crippen LogP contribution in [0.1, 0.15) is 10.4 Å². The molecule has 2 heterocycles. The summed E-state index contributed by atoms with van der Waals surface area (Å²) < 4.78 is 3.09. The zero-order valence-electron chi connectivity index (χ0n) is 9.74. The lowest BCUT2D eigenvalue weighted by Gasteiger charge is -2.00. The maximum Gasteiger partial charge on any atom is 0.328 e. The van der Waals surface area contributed by atoms with Crippen LogP contribution in [0.25, 0.3) is 6.08 Å². The second-order valence-electron chi connectivity index (χ2n) is 3.79. The smallest absolute Gasteiger partial charge is 0.328 e. The van der Waals surface area contributed by atoms with Gasteiger partial charge in [-0.05, 0) is 23.1 Å². The van der Waals surface area contributed by atoms with Crippen LogP contribution < -0.4 is 5.69 Å². The van der Waals surface area contributed by atoms with E-state index in [0.29, 0.717) is 6.54 Å². The summed E-state index contributed by atoms with van der Waals surface area (Å²) in [5.41, 5.74) is 0.745. The van der Waals surface area contributed by atoms with Gasteiger partial charge in [-0.2, -0.15) is 0 Å². The van der Waals surface area contributed by atoms with Crippen LogP contribution in [0.2, 0.25) is 0 Å². The van der Waals surface area contributed by atoms with Crippen LogP contribution in [-0.2, 0) is 18.4 Å². The lowest BCUT2D eigenvalue weighted by molar-refractivity contribution is -0.131. The Hall–Kier alpha value is -2.08. The Morgan fingerprint density at radius 2 is 2.28 bits per heavy atom. The van der Waals surface area contributed by atoms with E-state index in [1.807, 2.05) is 11.4 Å². The zero-order valence-corrected chi connectivity index (χ0v) is 10.6. The van der Waals surface area contributed by atoms with Crippen molar-refractivity contribution in [2.75, 3.05) is 0 Å². The van der Waals surface area contributed by atoms with Crippen LogP contribution in [-0.4, -0.2) is 20.2 Å². The maximum absolute atomic E-state index is 11.7. The van der Waals surface area contributed by atoms with E-state index in [2.05, 4.69) is 0 Å². The molecule has 0 radical (unpaired) electrons. The fourth-order valence-electron chi connectivity index (χ4n) is 1.57. The average molecular weight is 264 g/mol. The highest BCUT2D eigenvalue weighted by Crippen LogP contribution is 2.19. The van der Waals surface area contributed by atoms with Gasteiger partial charge in [0, 0.05) is 30.4 Å². The summed E-state index contributed by atoms with van der Waals surface area (Å²) in [6.45, 7) is 0.455. The van der Waals surface area contributed by atoms with Gasteiger partial charge in [-0.15, -0.1) is 11.3 Å².